The van der Waals surface area contributed by atoms with Gasteiger partial charge in [0.1, 0.15) is 11.6 Å². The Morgan fingerprint density at radius 2 is 1.76 bits per heavy atom. The Balaban J connectivity index is 1.23. The minimum atomic E-state index is -0.273. The van der Waals surface area contributed by atoms with Gasteiger partial charge in [0, 0.05) is 60.9 Å². The van der Waals surface area contributed by atoms with E-state index in [1.165, 1.54) is 22.7 Å². The van der Waals surface area contributed by atoms with E-state index in [1.54, 1.807) is 36.3 Å². The fourth-order valence-electron chi connectivity index (χ4n) is 3.99. The van der Waals surface area contributed by atoms with Crippen LogP contribution in [0.25, 0.3) is 0 Å². The number of hydrogen-bond donors (Lipinski definition) is 3. The molecule has 7 nitrogen and oxygen atoms in total. The number of nitrogens with one attached hydrogen (secondary N) is 3. The van der Waals surface area contributed by atoms with Crippen molar-refractivity contribution in [2.75, 3.05) is 37.3 Å². The summed E-state index contributed by atoms with van der Waals surface area (Å²) >= 11 is 1.80. The minimum Gasteiger partial charge on any atom is -0.354 e. The second kappa shape index (κ2) is 13.2. The van der Waals surface area contributed by atoms with Crippen molar-refractivity contribution in [3.05, 3.63) is 91.2 Å². The van der Waals surface area contributed by atoms with Crippen LogP contribution in [0.4, 0.5) is 27.5 Å². The molecular weight excluding hydrogens is 485 g/mol. The summed E-state index contributed by atoms with van der Waals surface area (Å²) in [5.74, 6) is 0.844. The predicted molar refractivity (Wildman–Crippen MR) is 152 cm³/mol. The molecule has 0 amide bonds. The molecule has 0 atom stereocenters. The van der Waals surface area contributed by atoms with Crippen molar-refractivity contribution in [2.45, 2.75) is 30.7 Å². The van der Waals surface area contributed by atoms with Gasteiger partial charge in [0.15, 0.2) is 0 Å². The highest BCUT2D eigenvalue weighted by Crippen LogP contribution is 2.28. The Kier molecular flexibility index (Phi) is 9.53. The number of hydrogen-bond acceptors (Lipinski definition) is 8. The number of likely N-dealkylation sites (N-methyl/N-ethyl adjacent to an activating group) is 1. The minimum absolute atomic E-state index is 0.273. The molecule has 1 saturated heterocycles. The van der Waals surface area contributed by atoms with Gasteiger partial charge in [-0.25, -0.2) is 13.7 Å². The summed E-state index contributed by atoms with van der Waals surface area (Å²) < 4.78 is 15.6. The van der Waals surface area contributed by atoms with E-state index in [2.05, 4.69) is 66.8 Å². The van der Waals surface area contributed by atoms with Crippen LogP contribution >= 0.6 is 11.9 Å². The molecule has 1 aromatic heterocycles. The molecule has 1 aliphatic heterocycles. The maximum absolute atomic E-state index is 13.1. The van der Waals surface area contributed by atoms with E-state index in [1.807, 2.05) is 25.4 Å². The number of piperidine rings is 1. The van der Waals surface area contributed by atoms with E-state index in [4.69, 9.17) is 0 Å². The monoisotopic (exact) mass is 519 g/mol. The highest BCUT2D eigenvalue weighted by atomic mass is 32.2. The zero-order chi connectivity index (χ0) is 26.0. The van der Waals surface area contributed by atoms with Crippen molar-refractivity contribution in [2.24, 2.45) is 0 Å². The smallest absolute Gasteiger partial charge is 0.229 e. The topological polar surface area (TPSA) is 68.3 Å². The molecule has 4 rings (SSSR count). The van der Waals surface area contributed by atoms with Gasteiger partial charge in [0.05, 0.1) is 0 Å². The zero-order valence-corrected chi connectivity index (χ0v) is 22.1. The maximum Gasteiger partial charge on any atom is 0.229 e. The van der Waals surface area contributed by atoms with Crippen molar-refractivity contribution < 1.29 is 4.39 Å². The van der Waals surface area contributed by atoms with Crippen molar-refractivity contribution >= 4 is 35.1 Å². The van der Waals surface area contributed by atoms with Crippen LogP contribution in [0.1, 0.15) is 19.8 Å². The third-order valence-electron chi connectivity index (χ3n) is 6.20. The lowest BCUT2D eigenvalue weighted by atomic mass is 10.1. The van der Waals surface area contributed by atoms with Crippen LogP contribution < -0.4 is 16.0 Å². The van der Waals surface area contributed by atoms with E-state index in [9.17, 15) is 4.39 Å². The van der Waals surface area contributed by atoms with Crippen LogP contribution in [-0.4, -0.2) is 51.9 Å². The van der Waals surface area contributed by atoms with Crippen LogP contribution in [0.2, 0.25) is 0 Å². The lowest BCUT2D eigenvalue weighted by molar-refractivity contribution is 0.309. The first-order chi connectivity index (χ1) is 18.0. The molecule has 9 heteroatoms. The molecule has 194 valence electrons. The summed E-state index contributed by atoms with van der Waals surface area (Å²) in [6.07, 6.45) is 7.91. The second-order valence-electron chi connectivity index (χ2n) is 8.80. The van der Waals surface area contributed by atoms with Gasteiger partial charge in [0.2, 0.25) is 5.95 Å². The van der Waals surface area contributed by atoms with Crippen LogP contribution in [0, 0.1) is 5.82 Å². The van der Waals surface area contributed by atoms with Crippen LogP contribution in [-0.2, 0) is 0 Å². The van der Waals surface area contributed by atoms with Crippen molar-refractivity contribution in [3.63, 3.8) is 0 Å². The van der Waals surface area contributed by atoms with Crippen LogP contribution in [0.15, 0.2) is 90.2 Å². The van der Waals surface area contributed by atoms with E-state index < -0.39 is 0 Å². The zero-order valence-electron chi connectivity index (χ0n) is 21.3. The molecule has 0 radical (unpaired) electrons. The molecule has 3 aromatic rings. The Morgan fingerprint density at radius 3 is 2.43 bits per heavy atom. The normalized spacial score (nSPS) is 14.8. The highest BCUT2D eigenvalue weighted by molar-refractivity contribution is 7.97. The van der Waals surface area contributed by atoms with Gasteiger partial charge >= 0.3 is 0 Å². The quantitative estimate of drug-likeness (QED) is 0.261. The largest absolute Gasteiger partial charge is 0.354 e. The average Bonchev–Trinajstić information content (AvgIpc) is 2.92. The van der Waals surface area contributed by atoms with Gasteiger partial charge in [0.25, 0.3) is 0 Å². The molecule has 3 N–H and O–H groups in total. The van der Waals surface area contributed by atoms with E-state index in [0.29, 0.717) is 17.8 Å². The SMILES string of the molecule is C=CN(C)/C(=C\C)CNC1CCN(Sc2ccc(Nc3nccc(Nc4ccc(F)cc4)n3)cc2)CC1. The van der Waals surface area contributed by atoms with Gasteiger partial charge in [-0.15, -0.1) is 0 Å². The Labute approximate surface area is 223 Å². The number of anilines is 4. The number of nitrogens with zero attached hydrogens (tertiary/aromatic N) is 4. The molecule has 0 bridgehead atoms. The van der Waals surface area contributed by atoms with Crippen LogP contribution in [0.5, 0.6) is 0 Å². The predicted octanol–water partition coefficient (Wildman–Crippen LogP) is 6.14. The number of benzene rings is 2. The van der Waals surface area contributed by atoms with Crippen molar-refractivity contribution in [1.29, 1.82) is 0 Å². The number of allylic oxidation sites excluding steroid dienone is 1. The first-order valence-electron chi connectivity index (χ1n) is 12.4. The number of aromatic nitrogens is 2. The summed E-state index contributed by atoms with van der Waals surface area (Å²) in [7, 11) is 2.03. The molecular formula is C28H34FN7S. The summed E-state index contributed by atoms with van der Waals surface area (Å²) in [5, 5.41) is 10.1. The molecule has 0 saturated carbocycles. The van der Waals surface area contributed by atoms with Crippen molar-refractivity contribution in [1.82, 2.24) is 24.5 Å². The average molecular weight is 520 g/mol. The van der Waals surface area contributed by atoms with E-state index >= 15 is 0 Å². The molecule has 37 heavy (non-hydrogen) atoms. The summed E-state index contributed by atoms with van der Waals surface area (Å²) in [4.78, 5) is 12.1. The van der Waals surface area contributed by atoms with Gasteiger partial charge in [-0.2, -0.15) is 4.98 Å². The van der Waals surface area contributed by atoms with E-state index in [-0.39, 0.29) is 5.82 Å². The summed E-state index contributed by atoms with van der Waals surface area (Å²) in [6.45, 7) is 8.87. The van der Waals surface area contributed by atoms with Crippen molar-refractivity contribution in [3.8, 4) is 0 Å². The van der Waals surface area contributed by atoms with E-state index in [0.717, 1.165) is 43.9 Å². The molecule has 2 aromatic carbocycles. The second-order valence-corrected chi connectivity index (χ2v) is 9.97. The van der Waals surface area contributed by atoms with Gasteiger partial charge < -0.3 is 20.9 Å². The molecule has 0 unspecified atom stereocenters. The van der Waals surface area contributed by atoms with Crippen LogP contribution in [0.3, 0.4) is 0 Å². The fraction of sp³-hybridized carbons (Fsp3) is 0.286. The Morgan fingerprint density at radius 1 is 1.08 bits per heavy atom. The standard InChI is InChI=1S/C28H34FN7S/c1-4-25(35(3)5-2)20-31-22-15-18-36(19-16-22)37-26-12-10-24(11-13-26)33-28-30-17-14-27(34-28)32-23-8-6-21(29)7-9-23/h4-14,17,22,31H,2,15-16,18-20H2,1,3H3,(H2,30,32,33,34)/b25-4-. The Bertz CT molecular complexity index is 1180. The summed E-state index contributed by atoms with van der Waals surface area (Å²) in [6, 6.07) is 16.8. The number of halogens is 1. The number of rotatable bonds is 11. The van der Waals surface area contributed by atoms with Gasteiger partial charge in [-0.3, -0.25) is 0 Å². The maximum atomic E-state index is 13.1. The first kappa shape index (κ1) is 26.7. The first-order valence-corrected chi connectivity index (χ1v) is 13.2. The molecule has 0 spiro atoms. The lowest BCUT2D eigenvalue weighted by Gasteiger charge is -2.32. The third-order valence-corrected chi connectivity index (χ3v) is 7.31. The third kappa shape index (κ3) is 8.04. The summed E-state index contributed by atoms with van der Waals surface area (Å²) in [5.41, 5.74) is 2.91. The van der Waals surface area contributed by atoms with Gasteiger partial charge in [-0.05, 0) is 92.5 Å². The highest BCUT2D eigenvalue weighted by Gasteiger charge is 2.20. The molecule has 0 aliphatic carbocycles. The lowest BCUT2D eigenvalue weighted by Crippen LogP contribution is -2.41. The Hall–Kier alpha value is -3.40. The molecule has 1 aliphatic rings. The molecule has 1 fully saturated rings. The molecule has 2 heterocycles. The van der Waals surface area contributed by atoms with Gasteiger partial charge in [-0.1, -0.05) is 12.7 Å². The fourth-order valence-corrected chi connectivity index (χ4v) is 4.94.